The molecule has 1 N–H and O–H groups in total. The lowest BCUT2D eigenvalue weighted by Crippen LogP contribution is -2.21. The summed E-state index contributed by atoms with van der Waals surface area (Å²) >= 11 is 0. The van der Waals surface area contributed by atoms with Crippen LogP contribution in [-0.4, -0.2) is 13.7 Å². The number of hydrogen-bond acceptors (Lipinski definition) is 3. The second-order valence-electron chi connectivity index (χ2n) is 4.44. The van der Waals surface area contributed by atoms with Crippen LogP contribution in [0.5, 0.6) is 5.75 Å². The van der Waals surface area contributed by atoms with Gasteiger partial charge in [0.05, 0.1) is 19.8 Å². The molecule has 1 atom stereocenters. The fourth-order valence-corrected chi connectivity index (χ4v) is 1.35. The molecule has 96 valence electrons. The summed E-state index contributed by atoms with van der Waals surface area (Å²) in [5, 5.41) is 0. The molecule has 4 heteroatoms. The van der Waals surface area contributed by atoms with E-state index in [-0.39, 0.29) is 17.6 Å². The van der Waals surface area contributed by atoms with Gasteiger partial charge in [-0.1, -0.05) is 19.9 Å². The Morgan fingerprint density at radius 1 is 1.29 bits per heavy atom. The van der Waals surface area contributed by atoms with Crippen LogP contribution in [-0.2, 0) is 4.84 Å². The largest absolute Gasteiger partial charge is 0.494 e. The maximum Gasteiger partial charge on any atom is 0.165 e. The molecule has 0 aliphatic rings. The monoisotopic (exact) mass is 241 g/mol. The van der Waals surface area contributed by atoms with Crippen molar-refractivity contribution in [2.24, 2.45) is 5.92 Å². The van der Waals surface area contributed by atoms with Gasteiger partial charge in [0, 0.05) is 0 Å². The molecule has 0 radical (unpaired) electrons. The van der Waals surface area contributed by atoms with Crippen molar-refractivity contribution in [2.75, 3.05) is 13.7 Å². The summed E-state index contributed by atoms with van der Waals surface area (Å²) in [6, 6.07) is 4.78. The third-order valence-electron chi connectivity index (χ3n) is 2.35. The molecule has 0 bridgehead atoms. The zero-order chi connectivity index (χ0) is 12.8. The third-order valence-corrected chi connectivity index (χ3v) is 2.35. The van der Waals surface area contributed by atoms with E-state index in [1.54, 1.807) is 12.1 Å². The number of hydrogen-bond donors (Lipinski definition) is 1. The Hall–Kier alpha value is -1.13. The van der Waals surface area contributed by atoms with E-state index in [9.17, 15) is 4.39 Å². The van der Waals surface area contributed by atoms with Crippen molar-refractivity contribution in [3.05, 3.63) is 29.6 Å². The summed E-state index contributed by atoms with van der Waals surface area (Å²) in [5.74, 6) is 0.365. The van der Waals surface area contributed by atoms with E-state index in [2.05, 4.69) is 19.3 Å². The first-order chi connectivity index (χ1) is 8.04. The van der Waals surface area contributed by atoms with Crippen molar-refractivity contribution in [3.63, 3.8) is 0 Å². The minimum absolute atomic E-state index is 0.0109. The molecule has 0 heterocycles. The number of halogens is 1. The zero-order valence-electron chi connectivity index (χ0n) is 10.8. The minimum atomic E-state index is -0.355. The van der Waals surface area contributed by atoms with E-state index >= 15 is 0 Å². The van der Waals surface area contributed by atoms with Crippen LogP contribution in [0, 0.1) is 11.7 Å². The van der Waals surface area contributed by atoms with Gasteiger partial charge in [0.25, 0.3) is 0 Å². The summed E-state index contributed by atoms with van der Waals surface area (Å²) in [6.45, 7) is 6.75. The summed E-state index contributed by atoms with van der Waals surface area (Å²) in [5.41, 5.74) is 3.85. The Bertz CT molecular complexity index is 355. The second-order valence-corrected chi connectivity index (χ2v) is 4.44. The van der Waals surface area contributed by atoms with Crippen molar-refractivity contribution in [3.8, 4) is 5.75 Å². The lowest BCUT2D eigenvalue weighted by Gasteiger charge is -2.16. The molecular formula is C13H20FNO2. The number of hydroxylamine groups is 1. The highest BCUT2D eigenvalue weighted by atomic mass is 19.1. The fraction of sp³-hybridized carbons (Fsp3) is 0.538. The van der Waals surface area contributed by atoms with E-state index in [4.69, 9.17) is 9.57 Å². The van der Waals surface area contributed by atoms with Crippen molar-refractivity contribution in [1.29, 1.82) is 0 Å². The molecule has 0 aliphatic carbocycles. The van der Waals surface area contributed by atoms with Gasteiger partial charge in [-0.15, -0.1) is 0 Å². The quantitative estimate of drug-likeness (QED) is 0.776. The second kappa shape index (κ2) is 6.57. The maximum atomic E-state index is 13.2. The maximum absolute atomic E-state index is 13.2. The number of methoxy groups -OCH3 is 1. The van der Waals surface area contributed by atoms with E-state index in [1.807, 2.05) is 6.92 Å². The lowest BCUT2D eigenvalue weighted by atomic mass is 10.1. The SMILES string of the molecule is COc1cc(C(C)NOCC(C)C)ccc1F. The fourth-order valence-electron chi connectivity index (χ4n) is 1.35. The highest BCUT2D eigenvalue weighted by Gasteiger charge is 2.09. The predicted molar refractivity (Wildman–Crippen MR) is 65.3 cm³/mol. The molecule has 0 amide bonds. The number of benzene rings is 1. The Kier molecular flexibility index (Phi) is 5.38. The highest BCUT2D eigenvalue weighted by Crippen LogP contribution is 2.22. The Morgan fingerprint density at radius 3 is 2.59 bits per heavy atom. The van der Waals surface area contributed by atoms with Gasteiger partial charge in [-0.05, 0) is 30.5 Å². The lowest BCUT2D eigenvalue weighted by molar-refractivity contribution is 0.00404. The zero-order valence-corrected chi connectivity index (χ0v) is 10.8. The molecule has 0 fully saturated rings. The van der Waals surface area contributed by atoms with E-state index in [1.165, 1.54) is 13.2 Å². The topological polar surface area (TPSA) is 30.5 Å². The molecule has 1 aromatic carbocycles. The molecule has 1 rings (SSSR count). The molecule has 1 unspecified atom stereocenters. The van der Waals surface area contributed by atoms with Crippen LogP contribution in [0.3, 0.4) is 0 Å². The average Bonchev–Trinajstić information content (AvgIpc) is 2.29. The van der Waals surface area contributed by atoms with Gasteiger partial charge >= 0.3 is 0 Å². The normalized spacial score (nSPS) is 12.8. The van der Waals surface area contributed by atoms with Crippen LogP contribution >= 0.6 is 0 Å². The van der Waals surface area contributed by atoms with Crippen LogP contribution in [0.25, 0.3) is 0 Å². The standard InChI is InChI=1S/C13H20FNO2/c1-9(2)8-17-15-10(3)11-5-6-12(14)13(7-11)16-4/h5-7,9-10,15H,8H2,1-4H3. The summed E-state index contributed by atoms with van der Waals surface area (Å²) in [4.78, 5) is 5.33. The molecule has 1 aromatic rings. The van der Waals surface area contributed by atoms with Gasteiger partial charge in [0.2, 0.25) is 0 Å². The van der Waals surface area contributed by atoms with Crippen molar-refractivity contribution in [1.82, 2.24) is 5.48 Å². The Balaban J connectivity index is 2.59. The van der Waals surface area contributed by atoms with Gasteiger partial charge in [-0.3, -0.25) is 0 Å². The van der Waals surface area contributed by atoms with Crippen molar-refractivity contribution in [2.45, 2.75) is 26.8 Å². The van der Waals surface area contributed by atoms with Gasteiger partial charge in [0.1, 0.15) is 0 Å². The number of ether oxygens (including phenoxy) is 1. The number of nitrogens with one attached hydrogen (secondary N) is 1. The van der Waals surface area contributed by atoms with Crippen LogP contribution in [0.4, 0.5) is 4.39 Å². The first kappa shape index (κ1) is 13.9. The number of rotatable bonds is 6. The van der Waals surface area contributed by atoms with E-state index in [0.29, 0.717) is 12.5 Å². The molecule has 3 nitrogen and oxygen atoms in total. The smallest absolute Gasteiger partial charge is 0.165 e. The average molecular weight is 241 g/mol. The molecule has 0 saturated heterocycles. The summed E-state index contributed by atoms with van der Waals surface area (Å²) in [6.07, 6.45) is 0. The summed E-state index contributed by atoms with van der Waals surface area (Å²) < 4.78 is 18.1. The molecule has 0 saturated carbocycles. The van der Waals surface area contributed by atoms with Crippen molar-refractivity contribution >= 4 is 0 Å². The van der Waals surface area contributed by atoms with E-state index in [0.717, 1.165) is 5.56 Å². The van der Waals surface area contributed by atoms with Crippen LogP contribution in [0.15, 0.2) is 18.2 Å². The Labute approximate surface area is 102 Å². The predicted octanol–water partition coefficient (Wildman–Crippen LogP) is 3.07. The third kappa shape index (κ3) is 4.32. The van der Waals surface area contributed by atoms with E-state index < -0.39 is 0 Å². The van der Waals surface area contributed by atoms with Gasteiger partial charge in [-0.25, -0.2) is 4.39 Å². The first-order valence-electron chi connectivity index (χ1n) is 5.75. The molecule has 0 aromatic heterocycles. The van der Waals surface area contributed by atoms with Gasteiger partial charge < -0.3 is 9.57 Å². The van der Waals surface area contributed by atoms with Crippen LogP contribution in [0.1, 0.15) is 32.4 Å². The molecule has 0 spiro atoms. The van der Waals surface area contributed by atoms with Crippen LogP contribution in [0.2, 0.25) is 0 Å². The van der Waals surface area contributed by atoms with Gasteiger partial charge in [-0.2, -0.15) is 5.48 Å². The van der Waals surface area contributed by atoms with Crippen molar-refractivity contribution < 1.29 is 14.0 Å². The van der Waals surface area contributed by atoms with Crippen LogP contribution < -0.4 is 10.2 Å². The highest BCUT2D eigenvalue weighted by molar-refractivity contribution is 5.31. The molecule has 17 heavy (non-hydrogen) atoms. The van der Waals surface area contributed by atoms with Gasteiger partial charge in [0.15, 0.2) is 11.6 Å². The molecule has 0 aliphatic heterocycles. The molecular weight excluding hydrogens is 221 g/mol. The minimum Gasteiger partial charge on any atom is -0.494 e. The Morgan fingerprint density at radius 2 is 2.00 bits per heavy atom. The first-order valence-corrected chi connectivity index (χ1v) is 5.75. The summed E-state index contributed by atoms with van der Waals surface area (Å²) in [7, 11) is 1.45.